The Morgan fingerprint density at radius 1 is 1.00 bits per heavy atom. The molecule has 0 radical (unpaired) electrons. The van der Waals surface area contributed by atoms with Crippen LogP contribution in [0.1, 0.15) is 24.4 Å². The van der Waals surface area contributed by atoms with Crippen molar-refractivity contribution in [1.82, 2.24) is 19.4 Å². The number of benzene rings is 2. The standard InChI is InChI=1S/C24H24N4O2/c29-24-26-21-8-2-3-9-22(21)28(24)19-11-14-27(15-12-19)17-18-6-1-4-10-23(18)30-20-7-5-13-25-16-20/h1-10,13,16,19H,11-12,14-15,17H2,(H,26,29). The number of nitrogens with zero attached hydrogens (tertiary/aromatic N) is 3. The molecule has 4 aromatic rings. The number of para-hydroxylation sites is 3. The highest BCUT2D eigenvalue weighted by Crippen LogP contribution is 2.29. The topological polar surface area (TPSA) is 63.2 Å². The minimum Gasteiger partial charge on any atom is -0.455 e. The lowest BCUT2D eigenvalue weighted by Crippen LogP contribution is -2.36. The first-order valence-electron chi connectivity index (χ1n) is 10.4. The van der Waals surface area contributed by atoms with Crippen molar-refractivity contribution in [2.24, 2.45) is 0 Å². The third kappa shape index (κ3) is 3.74. The first-order valence-corrected chi connectivity index (χ1v) is 10.4. The summed E-state index contributed by atoms with van der Waals surface area (Å²) in [5, 5.41) is 0. The van der Waals surface area contributed by atoms with Crippen molar-refractivity contribution >= 4 is 11.0 Å². The number of aromatic amines is 1. The molecule has 2 aromatic carbocycles. The number of nitrogens with one attached hydrogen (secondary N) is 1. The molecular weight excluding hydrogens is 376 g/mol. The molecule has 1 N–H and O–H groups in total. The summed E-state index contributed by atoms with van der Waals surface area (Å²) in [7, 11) is 0. The summed E-state index contributed by atoms with van der Waals surface area (Å²) in [5.74, 6) is 1.60. The van der Waals surface area contributed by atoms with Gasteiger partial charge in [0.15, 0.2) is 0 Å². The van der Waals surface area contributed by atoms with Crippen LogP contribution in [0.15, 0.2) is 77.9 Å². The van der Waals surface area contributed by atoms with Crippen LogP contribution in [0, 0.1) is 0 Å². The molecule has 2 aromatic heterocycles. The molecule has 0 saturated carbocycles. The van der Waals surface area contributed by atoms with E-state index < -0.39 is 0 Å². The minimum absolute atomic E-state index is 0.00938. The summed E-state index contributed by atoms with van der Waals surface area (Å²) in [6.07, 6.45) is 5.36. The number of H-pyrrole nitrogens is 1. The van der Waals surface area contributed by atoms with Gasteiger partial charge in [0.05, 0.1) is 17.2 Å². The van der Waals surface area contributed by atoms with E-state index in [1.807, 2.05) is 59.2 Å². The highest BCUT2D eigenvalue weighted by Gasteiger charge is 2.24. The molecule has 1 saturated heterocycles. The molecule has 0 spiro atoms. The average molecular weight is 400 g/mol. The van der Waals surface area contributed by atoms with E-state index in [2.05, 4.69) is 20.9 Å². The SMILES string of the molecule is O=c1[nH]c2ccccc2n1C1CCN(Cc2ccccc2Oc2cccnc2)CC1. The molecule has 0 atom stereocenters. The van der Waals surface area contributed by atoms with E-state index in [4.69, 9.17) is 4.74 Å². The Kier molecular flexibility index (Phi) is 5.07. The Morgan fingerprint density at radius 3 is 2.63 bits per heavy atom. The molecule has 0 amide bonds. The molecule has 1 fully saturated rings. The lowest BCUT2D eigenvalue weighted by Gasteiger charge is -2.32. The van der Waals surface area contributed by atoms with Crippen molar-refractivity contribution in [2.45, 2.75) is 25.4 Å². The number of hydrogen-bond acceptors (Lipinski definition) is 4. The van der Waals surface area contributed by atoms with E-state index in [1.54, 1.807) is 12.4 Å². The Morgan fingerprint density at radius 2 is 1.80 bits per heavy atom. The average Bonchev–Trinajstić information content (AvgIpc) is 3.12. The highest BCUT2D eigenvalue weighted by atomic mass is 16.5. The van der Waals surface area contributed by atoms with Gasteiger partial charge >= 0.3 is 5.69 Å². The second kappa shape index (κ2) is 8.16. The van der Waals surface area contributed by atoms with Gasteiger partial charge in [-0.2, -0.15) is 0 Å². The van der Waals surface area contributed by atoms with E-state index >= 15 is 0 Å². The molecule has 6 heteroatoms. The fourth-order valence-electron chi connectivity index (χ4n) is 4.28. The number of hydrogen-bond donors (Lipinski definition) is 1. The van der Waals surface area contributed by atoms with E-state index in [9.17, 15) is 4.79 Å². The summed E-state index contributed by atoms with van der Waals surface area (Å²) in [5.41, 5.74) is 3.05. The van der Waals surface area contributed by atoms with Gasteiger partial charge < -0.3 is 9.72 Å². The van der Waals surface area contributed by atoms with Crippen molar-refractivity contribution in [3.05, 3.63) is 89.1 Å². The number of fused-ring (bicyclic) bond motifs is 1. The molecule has 0 aliphatic carbocycles. The van der Waals surface area contributed by atoms with Crippen LogP contribution in [0.2, 0.25) is 0 Å². The van der Waals surface area contributed by atoms with Gasteiger partial charge in [-0.1, -0.05) is 30.3 Å². The molecule has 152 valence electrons. The summed E-state index contributed by atoms with van der Waals surface area (Å²) in [4.78, 5) is 22.0. The van der Waals surface area contributed by atoms with Crippen LogP contribution in [0.5, 0.6) is 11.5 Å². The quantitative estimate of drug-likeness (QED) is 0.541. The van der Waals surface area contributed by atoms with Gasteiger partial charge in [-0.15, -0.1) is 0 Å². The molecule has 3 heterocycles. The van der Waals surface area contributed by atoms with Gasteiger partial charge in [-0.25, -0.2) is 4.79 Å². The van der Waals surface area contributed by atoms with E-state index in [0.29, 0.717) is 0 Å². The maximum atomic E-state index is 12.5. The molecule has 30 heavy (non-hydrogen) atoms. The summed E-state index contributed by atoms with van der Waals surface area (Å²) in [6, 6.07) is 20.1. The Labute approximate surface area is 174 Å². The lowest BCUT2D eigenvalue weighted by molar-refractivity contribution is 0.178. The first-order chi connectivity index (χ1) is 14.8. The van der Waals surface area contributed by atoms with Crippen molar-refractivity contribution in [1.29, 1.82) is 0 Å². The summed E-state index contributed by atoms with van der Waals surface area (Å²) < 4.78 is 7.99. The number of ether oxygens (including phenoxy) is 1. The van der Waals surface area contributed by atoms with Gasteiger partial charge in [-0.05, 0) is 43.2 Å². The van der Waals surface area contributed by atoms with Crippen molar-refractivity contribution < 1.29 is 4.74 Å². The smallest absolute Gasteiger partial charge is 0.326 e. The zero-order valence-electron chi connectivity index (χ0n) is 16.7. The fourth-order valence-corrected chi connectivity index (χ4v) is 4.28. The van der Waals surface area contributed by atoms with Crippen molar-refractivity contribution in [2.75, 3.05) is 13.1 Å². The Bertz CT molecular complexity index is 1190. The summed E-state index contributed by atoms with van der Waals surface area (Å²) >= 11 is 0. The first kappa shape index (κ1) is 18.6. The van der Waals surface area contributed by atoms with Crippen LogP contribution in [-0.4, -0.2) is 32.5 Å². The number of likely N-dealkylation sites (tertiary alicyclic amines) is 1. The molecule has 5 rings (SSSR count). The monoisotopic (exact) mass is 400 g/mol. The predicted octanol–water partition coefficient (Wildman–Crippen LogP) is 4.35. The highest BCUT2D eigenvalue weighted by molar-refractivity contribution is 5.75. The van der Waals surface area contributed by atoms with Gasteiger partial charge in [-0.3, -0.25) is 14.5 Å². The van der Waals surface area contributed by atoms with Crippen LogP contribution in [0.3, 0.4) is 0 Å². The number of pyridine rings is 1. The molecule has 0 unspecified atom stereocenters. The third-order valence-electron chi connectivity index (χ3n) is 5.78. The Hall–Kier alpha value is -3.38. The summed E-state index contributed by atoms with van der Waals surface area (Å²) in [6.45, 7) is 2.71. The lowest BCUT2D eigenvalue weighted by atomic mass is 10.0. The molecule has 1 aliphatic rings. The zero-order valence-corrected chi connectivity index (χ0v) is 16.7. The van der Waals surface area contributed by atoms with Gasteiger partial charge in [0, 0.05) is 37.4 Å². The van der Waals surface area contributed by atoms with E-state index in [1.165, 1.54) is 0 Å². The second-order valence-corrected chi connectivity index (χ2v) is 7.72. The number of aromatic nitrogens is 3. The largest absolute Gasteiger partial charge is 0.455 e. The van der Waals surface area contributed by atoms with Crippen LogP contribution >= 0.6 is 0 Å². The second-order valence-electron chi connectivity index (χ2n) is 7.72. The molecule has 0 bridgehead atoms. The van der Waals surface area contributed by atoms with Crippen molar-refractivity contribution in [3.8, 4) is 11.5 Å². The van der Waals surface area contributed by atoms with E-state index in [0.717, 1.165) is 60.6 Å². The molecule has 1 aliphatic heterocycles. The van der Waals surface area contributed by atoms with Crippen molar-refractivity contribution in [3.63, 3.8) is 0 Å². The van der Waals surface area contributed by atoms with Crippen LogP contribution in [-0.2, 0) is 6.54 Å². The predicted molar refractivity (Wildman–Crippen MR) is 117 cm³/mol. The van der Waals surface area contributed by atoms with Crippen LogP contribution < -0.4 is 10.4 Å². The fraction of sp³-hybridized carbons (Fsp3) is 0.250. The molecular formula is C24H24N4O2. The number of imidazole rings is 1. The normalized spacial score (nSPS) is 15.5. The minimum atomic E-state index is -0.00938. The van der Waals surface area contributed by atoms with Crippen LogP contribution in [0.4, 0.5) is 0 Å². The van der Waals surface area contributed by atoms with Gasteiger partial charge in [0.25, 0.3) is 0 Å². The third-order valence-corrected chi connectivity index (χ3v) is 5.78. The Balaban J connectivity index is 1.28. The number of piperidine rings is 1. The van der Waals surface area contributed by atoms with Gasteiger partial charge in [0.1, 0.15) is 11.5 Å². The van der Waals surface area contributed by atoms with Crippen LogP contribution in [0.25, 0.3) is 11.0 Å². The maximum Gasteiger partial charge on any atom is 0.326 e. The maximum absolute atomic E-state index is 12.5. The van der Waals surface area contributed by atoms with Gasteiger partial charge in [0.2, 0.25) is 0 Å². The zero-order chi connectivity index (χ0) is 20.3. The van der Waals surface area contributed by atoms with E-state index in [-0.39, 0.29) is 11.7 Å². The molecule has 6 nitrogen and oxygen atoms in total. The number of rotatable bonds is 5.